The first-order chi connectivity index (χ1) is 8.34. The van der Waals surface area contributed by atoms with Crippen molar-refractivity contribution in [2.75, 3.05) is 5.32 Å². The maximum absolute atomic E-state index is 11.3. The molecule has 1 rings (SSSR count). The summed E-state index contributed by atoms with van der Waals surface area (Å²) < 4.78 is 31.7. The molecule has 0 aliphatic heterocycles. The molecular weight excluding hydrogens is 256 g/mol. The second-order valence-electron chi connectivity index (χ2n) is 4.10. The van der Waals surface area contributed by atoms with Crippen LogP contribution in [0.25, 0.3) is 0 Å². The highest BCUT2D eigenvalue weighted by molar-refractivity contribution is 7.85. The average molecular weight is 272 g/mol. The van der Waals surface area contributed by atoms with Gasteiger partial charge in [0.05, 0.1) is 0 Å². The molecule has 0 unspecified atom stereocenters. The lowest BCUT2D eigenvalue weighted by Gasteiger charge is -2.12. The van der Waals surface area contributed by atoms with E-state index < -0.39 is 10.1 Å². The highest BCUT2D eigenvalue weighted by Gasteiger charge is 2.16. The highest BCUT2D eigenvalue weighted by atomic mass is 32.2. The molecule has 100 valence electrons. The van der Waals surface area contributed by atoms with Crippen LogP contribution in [-0.2, 0) is 21.5 Å². The summed E-state index contributed by atoms with van der Waals surface area (Å²) in [6.07, 6.45) is 0.440. The molecule has 6 nitrogen and oxygen atoms in total. The van der Waals surface area contributed by atoms with Gasteiger partial charge in [0.25, 0.3) is 10.1 Å². The van der Waals surface area contributed by atoms with Crippen LogP contribution in [-0.4, -0.2) is 25.4 Å². The van der Waals surface area contributed by atoms with Crippen LogP contribution in [0, 0.1) is 0 Å². The van der Waals surface area contributed by atoms with Crippen LogP contribution in [0.5, 0.6) is 0 Å². The van der Waals surface area contributed by atoms with Gasteiger partial charge in [0.1, 0.15) is 4.90 Å². The number of nitrogens with one attached hydrogen (secondary N) is 2. The van der Waals surface area contributed by atoms with E-state index in [1.165, 1.54) is 6.07 Å². The second kappa shape index (κ2) is 5.94. The third-order valence-corrected chi connectivity index (χ3v) is 3.21. The Morgan fingerprint density at radius 3 is 2.56 bits per heavy atom. The molecule has 3 N–H and O–H groups in total. The quantitative estimate of drug-likeness (QED) is 0.530. The zero-order chi connectivity index (χ0) is 13.8. The number of anilines is 1. The number of carbonyl (C=O) groups excluding carboxylic acids is 1. The molecule has 0 fully saturated rings. The molecule has 0 atom stereocenters. The minimum absolute atomic E-state index is 0.187. The van der Waals surface area contributed by atoms with Gasteiger partial charge in [-0.1, -0.05) is 19.9 Å². The molecule has 0 aromatic heterocycles. The van der Waals surface area contributed by atoms with Crippen molar-refractivity contribution in [3.8, 4) is 0 Å². The first-order valence-electron chi connectivity index (χ1n) is 5.38. The van der Waals surface area contributed by atoms with Crippen molar-refractivity contribution < 1.29 is 17.8 Å². The Morgan fingerprint density at radius 2 is 2.06 bits per heavy atom. The monoisotopic (exact) mass is 272 g/mol. The third-order valence-electron chi connectivity index (χ3n) is 2.27. The normalized spacial score (nSPS) is 11.6. The molecular formula is C11H16N2O4S. The van der Waals surface area contributed by atoms with Crippen LogP contribution in [0.4, 0.5) is 5.69 Å². The van der Waals surface area contributed by atoms with E-state index in [0.29, 0.717) is 24.2 Å². The van der Waals surface area contributed by atoms with Crippen LogP contribution < -0.4 is 10.6 Å². The van der Waals surface area contributed by atoms with Gasteiger partial charge in [0.2, 0.25) is 6.41 Å². The summed E-state index contributed by atoms with van der Waals surface area (Å²) in [5, 5.41) is 5.40. The molecule has 0 saturated carbocycles. The largest absolute Gasteiger partial charge is 0.329 e. The highest BCUT2D eigenvalue weighted by Crippen LogP contribution is 2.20. The SMILES string of the molecule is CC(C)NCc1ccc(NC=O)cc1S(=O)(=O)O. The summed E-state index contributed by atoms with van der Waals surface area (Å²) in [5.74, 6) is 0. The van der Waals surface area contributed by atoms with Crippen LogP contribution in [0.1, 0.15) is 19.4 Å². The topological polar surface area (TPSA) is 95.5 Å². The van der Waals surface area contributed by atoms with Gasteiger partial charge in [0, 0.05) is 18.3 Å². The number of rotatable bonds is 6. The summed E-state index contributed by atoms with van der Waals surface area (Å²) in [6, 6.07) is 4.53. The summed E-state index contributed by atoms with van der Waals surface area (Å²) >= 11 is 0. The second-order valence-corrected chi connectivity index (χ2v) is 5.49. The van der Waals surface area contributed by atoms with Crippen LogP contribution >= 0.6 is 0 Å². The molecule has 0 saturated heterocycles. The number of hydrogen-bond donors (Lipinski definition) is 3. The van der Waals surface area contributed by atoms with Gasteiger partial charge in [0.15, 0.2) is 0 Å². The van der Waals surface area contributed by atoms with E-state index in [4.69, 9.17) is 4.55 Å². The Bertz CT molecular complexity index is 526. The zero-order valence-corrected chi connectivity index (χ0v) is 11.0. The summed E-state index contributed by atoms with van der Waals surface area (Å²) in [4.78, 5) is 10.1. The fourth-order valence-corrected chi connectivity index (χ4v) is 2.16. The predicted molar refractivity (Wildman–Crippen MR) is 67.9 cm³/mol. The van der Waals surface area contributed by atoms with Crippen LogP contribution in [0.3, 0.4) is 0 Å². The van der Waals surface area contributed by atoms with E-state index in [0.717, 1.165) is 0 Å². The molecule has 0 aliphatic rings. The van der Waals surface area contributed by atoms with Crippen molar-refractivity contribution in [3.05, 3.63) is 23.8 Å². The Morgan fingerprint density at radius 1 is 1.39 bits per heavy atom. The average Bonchev–Trinajstić information content (AvgIpc) is 2.26. The van der Waals surface area contributed by atoms with E-state index in [9.17, 15) is 13.2 Å². The Hall–Kier alpha value is -1.44. The first kappa shape index (κ1) is 14.6. The number of amides is 1. The van der Waals surface area contributed by atoms with Crippen molar-refractivity contribution in [1.29, 1.82) is 0 Å². The molecule has 0 radical (unpaired) electrons. The van der Waals surface area contributed by atoms with Gasteiger partial charge in [-0.3, -0.25) is 9.35 Å². The van der Waals surface area contributed by atoms with E-state index in [-0.39, 0.29) is 10.9 Å². The maximum atomic E-state index is 11.3. The number of hydrogen-bond acceptors (Lipinski definition) is 4. The Labute approximate surface area is 106 Å². The lowest BCUT2D eigenvalue weighted by Crippen LogP contribution is -2.23. The molecule has 7 heteroatoms. The predicted octanol–water partition coefficient (Wildman–Crippen LogP) is 1.000. The number of benzene rings is 1. The molecule has 0 bridgehead atoms. The molecule has 1 amide bonds. The van der Waals surface area contributed by atoms with E-state index in [1.54, 1.807) is 12.1 Å². The minimum Gasteiger partial charge on any atom is -0.329 e. The van der Waals surface area contributed by atoms with Gasteiger partial charge in [-0.05, 0) is 17.7 Å². The lowest BCUT2D eigenvalue weighted by atomic mass is 10.2. The van der Waals surface area contributed by atoms with E-state index >= 15 is 0 Å². The maximum Gasteiger partial charge on any atom is 0.294 e. The van der Waals surface area contributed by atoms with E-state index in [2.05, 4.69) is 10.6 Å². The van der Waals surface area contributed by atoms with Crippen molar-refractivity contribution in [2.45, 2.75) is 31.3 Å². The smallest absolute Gasteiger partial charge is 0.294 e. The summed E-state index contributed by atoms with van der Waals surface area (Å²) in [5.41, 5.74) is 0.758. The molecule has 18 heavy (non-hydrogen) atoms. The first-order valence-corrected chi connectivity index (χ1v) is 6.82. The molecule has 1 aromatic carbocycles. The molecule has 0 spiro atoms. The molecule has 1 aromatic rings. The standard InChI is InChI=1S/C11H16N2O4S/c1-8(2)12-6-9-3-4-10(13-7-14)5-11(9)18(15,16)17/h3-5,7-8,12H,6H2,1-2H3,(H,13,14)(H,15,16,17). The van der Waals surface area contributed by atoms with Crippen molar-refractivity contribution in [2.24, 2.45) is 0 Å². The van der Waals surface area contributed by atoms with Gasteiger partial charge in [-0.2, -0.15) is 8.42 Å². The minimum atomic E-state index is -4.32. The van der Waals surface area contributed by atoms with Crippen LogP contribution in [0.2, 0.25) is 0 Å². The molecule has 0 aliphatic carbocycles. The Balaban J connectivity index is 3.13. The van der Waals surface area contributed by atoms with Crippen molar-refractivity contribution in [1.82, 2.24) is 5.32 Å². The fraction of sp³-hybridized carbons (Fsp3) is 0.364. The number of carbonyl (C=O) groups is 1. The van der Waals surface area contributed by atoms with Gasteiger partial charge in [-0.25, -0.2) is 0 Å². The Kier molecular flexibility index (Phi) is 4.83. The fourth-order valence-electron chi connectivity index (χ4n) is 1.41. The lowest BCUT2D eigenvalue weighted by molar-refractivity contribution is -0.105. The third kappa shape index (κ3) is 4.10. The molecule has 0 heterocycles. The zero-order valence-electron chi connectivity index (χ0n) is 10.2. The summed E-state index contributed by atoms with van der Waals surface area (Å²) in [7, 11) is -4.32. The van der Waals surface area contributed by atoms with Gasteiger partial charge >= 0.3 is 0 Å². The van der Waals surface area contributed by atoms with Gasteiger partial charge < -0.3 is 10.6 Å². The van der Waals surface area contributed by atoms with Gasteiger partial charge in [-0.15, -0.1) is 0 Å². The van der Waals surface area contributed by atoms with Crippen molar-refractivity contribution >= 4 is 22.2 Å². The van der Waals surface area contributed by atoms with Crippen molar-refractivity contribution in [3.63, 3.8) is 0 Å². The van der Waals surface area contributed by atoms with E-state index in [1.807, 2.05) is 13.8 Å². The summed E-state index contributed by atoms with van der Waals surface area (Å²) in [6.45, 7) is 4.17. The van der Waals surface area contributed by atoms with Crippen LogP contribution in [0.15, 0.2) is 23.1 Å².